The lowest BCUT2D eigenvalue weighted by Crippen LogP contribution is -2.16. The van der Waals surface area contributed by atoms with Crippen molar-refractivity contribution in [2.24, 2.45) is 0 Å². The van der Waals surface area contributed by atoms with E-state index < -0.39 is 10.8 Å². The van der Waals surface area contributed by atoms with Crippen molar-refractivity contribution >= 4 is 22.5 Å². The quantitative estimate of drug-likeness (QED) is 0.903. The minimum atomic E-state index is -0.920. The third kappa shape index (κ3) is 3.15. The summed E-state index contributed by atoms with van der Waals surface area (Å²) in [4.78, 5) is 12.3. The van der Waals surface area contributed by atoms with E-state index in [0.717, 1.165) is 35.3 Å². The molecule has 1 atom stereocenters. The van der Waals surface area contributed by atoms with E-state index in [2.05, 4.69) is 37.3 Å². The number of aromatic nitrogens is 2. The van der Waals surface area contributed by atoms with E-state index in [9.17, 15) is 9.00 Å². The SMILES string of the molecule is CCCCC(=O)Nc1c2c(nn1-c1cccc(C)c1C)CS(=O)C2. The minimum Gasteiger partial charge on any atom is -0.310 e. The van der Waals surface area contributed by atoms with E-state index in [-0.39, 0.29) is 5.91 Å². The van der Waals surface area contributed by atoms with Crippen LogP contribution >= 0.6 is 0 Å². The molecule has 5 nitrogen and oxygen atoms in total. The number of carbonyl (C=O) groups excluding carboxylic acids is 1. The Morgan fingerprint density at radius 2 is 2.12 bits per heavy atom. The molecule has 2 aromatic rings. The monoisotopic (exact) mass is 345 g/mol. The van der Waals surface area contributed by atoms with Gasteiger partial charge < -0.3 is 5.32 Å². The molecule has 24 heavy (non-hydrogen) atoms. The van der Waals surface area contributed by atoms with Crippen LogP contribution in [-0.4, -0.2) is 19.9 Å². The molecule has 0 saturated heterocycles. The summed E-state index contributed by atoms with van der Waals surface area (Å²) in [5.41, 5.74) is 5.01. The average molecular weight is 345 g/mol. The molecule has 0 bridgehead atoms. The molecule has 0 spiro atoms. The standard InChI is InChI=1S/C18H23N3O2S/c1-4-5-9-17(22)19-18-14-10-24(23)11-15(14)20-21(18)16-8-6-7-12(2)13(16)3/h6-8H,4-5,9-11H2,1-3H3,(H,19,22). The van der Waals surface area contributed by atoms with Crippen molar-refractivity contribution in [3.63, 3.8) is 0 Å². The van der Waals surface area contributed by atoms with Crippen molar-refractivity contribution in [2.75, 3.05) is 5.32 Å². The predicted octanol–water partition coefficient (Wildman–Crippen LogP) is 3.38. The number of hydrogen-bond donors (Lipinski definition) is 1. The van der Waals surface area contributed by atoms with Crippen molar-refractivity contribution in [2.45, 2.75) is 51.5 Å². The van der Waals surface area contributed by atoms with Crippen LogP contribution < -0.4 is 5.32 Å². The van der Waals surface area contributed by atoms with Crippen LogP contribution in [0.3, 0.4) is 0 Å². The number of rotatable bonds is 5. The van der Waals surface area contributed by atoms with Gasteiger partial charge in [-0.3, -0.25) is 9.00 Å². The summed E-state index contributed by atoms with van der Waals surface area (Å²) in [7, 11) is -0.920. The highest BCUT2D eigenvalue weighted by molar-refractivity contribution is 7.83. The topological polar surface area (TPSA) is 64.0 Å². The van der Waals surface area contributed by atoms with Crippen molar-refractivity contribution in [1.29, 1.82) is 0 Å². The lowest BCUT2D eigenvalue weighted by molar-refractivity contribution is -0.116. The van der Waals surface area contributed by atoms with Gasteiger partial charge in [0.15, 0.2) is 0 Å². The van der Waals surface area contributed by atoms with Gasteiger partial charge in [0.1, 0.15) is 5.82 Å². The highest BCUT2D eigenvalue weighted by Crippen LogP contribution is 2.32. The number of hydrogen-bond acceptors (Lipinski definition) is 3. The molecule has 128 valence electrons. The molecule has 0 radical (unpaired) electrons. The number of aryl methyl sites for hydroxylation is 1. The minimum absolute atomic E-state index is 0.0104. The van der Waals surface area contributed by atoms with Crippen LogP contribution in [0.15, 0.2) is 18.2 Å². The maximum Gasteiger partial charge on any atom is 0.225 e. The summed E-state index contributed by atoms with van der Waals surface area (Å²) >= 11 is 0. The highest BCUT2D eigenvalue weighted by atomic mass is 32.2. The first-order chi connectivity index (χ1) is 11.5. The fraction of sp³-hybridized carbons (Fsp3) is 0.444. The zero-order valence-corrected chi connectivity index (χ0v) is 15.2. The molecular weight excluding hydrogens is 322 g/mol. The van der Waals surface area contributed by atoms with E-state index >= 15 is 0 Å². The number of unbranched alkanes of at least 4 members (excludes halogenated alkanes) is 1. The highest BCUT2D eigenvalue weighted by Gasteiger charge is 2.28. The van der Waals surface area contributed by atoms with Crippen molar-refractivity contribution in [3.05, 3.63) is 40.6 Å². The van der Waals surface area contributed by atoms with Gasteiger partial charge in [-0.15, -0.1) is 0 Å². The van der Waals surface area contributed by atoms with E-state index in [1.807, 2.05) is 16.8 Å². The smallest absolute Gasteiger partial charge is 0.225 e. The van der Waals surface area contributed by atoms with E-state index in [1.54, 1.807) is 0 Å². The fourth-order valence-electron chi connectivity index (χ4n) is 2.93. The van der Waals surface area contributed by atoms with Crippen molar-refractivity contribution in [3.8, 4) is 5.69 Å². The average Bonchev–Trinajstić information content (AvgIpc) is 3.05. The Morgan fingerprint density at radius 3 is 2.88 bits per heavy atom. The Hall–Kier alpha value is -1.95. The second kappa shape index (κ2) is 6.89. The zero-order chi connectivity index (χ0) is 17.3. The molecule has 3 rings (SSSR count). The summed E-state index contributed by atoms with van der Waals surface area (Å²) < 4.78 is 13.7. The van der Waals surface area contributed by atoms with Crippen LogP contribution in [0.1, 0.15) is 48.6 Å². The van der Waals surface area contributed by atoms with Gasteiger partial charge in [0, 0.05) is 22.8 Å². The summed E-state index contributed by atoms with van der Waals surface area (Å²) in [6.07, 6.45) is 2.33. The number of nitrogens with zero attached hydrogens (tertiary/aromatic N) is 2. The van der Waals surface area contributed by atoms with Crippen LogP contribution in [0.5, 0.6) is 0 Å². The molecule has 1 aliphatic heterocycles. The third-order valence-electron chi connectivity index (χ3n) is 4.49. The van der Waals surface area contributed by atoms with Crippen LogP contribution in [0.4, 0.5) is 5.82 Å². The summed E-state index contributed by atoms with van der Waals surface area (Å²) in [5.74, 6) is 1.60. The molecule has 0 saturated carbocycles. The van der Waals surface area contributed by atoms with Gasteiger partial charge in [0.2, 0.25) is 5.91 Å². The van der Waals surface area contributed by atoms with E-state index in [0.29, 0.717) is 23.7 Å². The molecule has 2 heterocycles. The third-order valence-corrected chi connectivity index (χ3v) is 5.70. The van der Waals surface area contributed by atoms with Gasteiger partial charge in [-0.2, -0.15) is 5.10 Å². The first-order valence-electron chi connectivity index (χ1n) is 8.33. The zero-order valence-electron chi connectivity index (χ0n) is 14.4. The second-order valence-corrected chi connectivity index (χ2v) is 7.74. The lowest BCUT2D eigenvalue weighted by Gasteiger charge is -2.14. The fourth-order valence-corrected chi connectivity index (χ4v) is 4.19. The van der Waals surface area contributed by atoms with Crippen molar-refractivity contribution < 1.29 is 9.00 Å². The first-order valence-corrected chi connectivity index (χ1v) is 9.82. The number of carbonyl (C=O) groups is 1. The molecular formula is C18H23N3O2S. The Bertz CT molecular complexity index is 811. The van der Waals surface area contributed by atoms with Crippen LogP contribution in [0, 0.1) is 13.8 Å². The van der Waals surface area contributed by atoms with Gasteiger partial charge in [-0.25, -0.2) is 4.68 Å². The molecule has 1 amide bonds. The number of amides is 1. The summed E-state index contributed by atoms with van der Waals surface area (Å²) in [5, 5.41) is 7.67. The van der Waals surface area contributed by atoms with Gasteiger partial charge in [-0.1, -0.05) is 25.5 Å². The van der Waals surface area contributed by atoms with Crippen LogP contribution in [-0.2, 0) is 27.1 Å². The molecule has 1 N–H and O–H groups in total. The Kier molecular flexibility index (Phi) is 4.85. The number of anilines is 1. The number of fused-ring (bicyclic) bond motifs is 1. The number of nitrogens with one attached hydrogen (secondary N) is 1. The van der Waals surface area contributed by atoms with Gasteiger partial charge >= 0.3 is 0 Å². The van der Waals surface area contributed by atoms with Gasteiger partial charge in [-0.05, 0) is 37.5 Å². The van der Waals surface area contributed by atoms with Gasteiger partial charge in [0.05, 0.1) is 22.9 Å². The molecule has 1 aliphatic rings. The Morgan fingerprint density at radius 1 is 1.33 bits per heavy atom. The molecule has 6 heteroatoms. The summed E-state index contributed by atoms with van der Waals surface area (Å²) in [6, 6.07) is 6.05. The molecule has 1 aromatic heterocycles. The maximum atomic E-state index is 12.3. The largest absolute Gasteiger partial charge is 0.310 e. The first kappa shape index (κ1) is 16.9. The van der Waals surface area contributed by atoms with E-state index in [4.69, 9.17) is 0 Å². The Balaban J connectivity index is 2.03. The molecule has 0 aliphatic carbocycles. The maximum absolute atomic E-state index is 12.3. The number of benzene rings is 1. The van der Waals surface area contributed by atoms with Gasteiger partial charge in [0.25, 0.3) is 0 Å². The van der Waals surface area contributed by atoms with Crippen molar-refractivity contribution in [1.82, 2.24) is 9.78 Å². The normalized spacial score (nSPS) is 16.2. The second-order valence-electron chi connectivity index (χ2n) is 6.28. The molecule has 0 fully saturated rings. The van der Waals surface area contributed by atoms with Crippen LogP contribution in [0.2, 0.25) is 0 Å². The molecule has 1 unspecified atom stereocenters. The summed E-state index contributed by atoms with van der Waals surface area (Å²) in [6.45, 7) is 6.18. The Labute approximate surface area is 144 Å². The predicted molar refractivity (Wildman–Crippen MR) is 96.7 cm³/mol. The molecule has 1 aromatic carbocycles. The van der Waals surface area contributed by atoms with Crippen LogP contribution in [0.25, 0.3) is 5.69 Å². The lowest BCUT2D eigenvalue weighted by atomic mass is 10.1. The van der Waals surface area contributed by atoms with E-state index in [1.165, 1.54) is 5.56 Å².